The van der Waals surface area contributed by atoms with E-state index in [2.05, 4.69) is 5.32 Å². The van der Waals surface area contributed by atoms with Gasteiger partial charge in [0, 0.05) is 0 Å². The summed E-state index contributed by atoms with van der Waals surface area (Å²) >= 11 is 0. The molecule has 5 nitrogen and oxygen atoms in total. The molecular formula is C13H18N2O3. The quantitative estimate of drug-likeness (QED) is 0.622. The molecule has 1 unspecified atom stereocenters. The molecule has 2 N–H and O–H groups in total. The van der Waals surface area contributed by atoms with Gasteiger partial charge in [0.2, 0.25) is 5.90 Å². The summed E-state index contributed by atoms with van der Waals surface area (Å²) in [5.74, 6) is 0.0224. The van der Waals surface area contributed by atoms with E-state index in [0.29, 0.717) is 6.61 Å². The zero-order valence-corrected chi connectivity index (χ0v) is 10.6. The number of hydrogen-bond donors (Lipinski definition) is 2. The molecule has 5 heteroatoms. The van der Waals surface area contributed by atoms with Crippen molar-refractivity contribution in [2.24, 2.45) is 0 Å². The molecule has 98 valence electrons. The molecule has 0 aliphatic rings. The average Bonchev–Trinajstić information content (AvgIpc) is 2.38. The zero-order chi connectivity index (χ0) is 13.4. The fraction of sp³-hybridized carbons (Fsp3) is 0.385. The van der Waals surface area contributed by atoms with Gasteiger partial charge in [-0.1, -0.05) is 30.3 Å². The minimum atomic E-state index is -0.559. The number of nitrogens with one attached hydrogen (secondary N) is 2. The van der Waals surface area contributed by atoms with E-state index in [1.54, 1.807) is 13.8 Å². The van der Waals surface area contributed by atoms with Gasteiger partial charge in [0.25, 0.3) is 0 Å². The maximum atomic E-state index is 11.4. The predicted octanol–water partition coefficient (Wildman–Crippen LogP) is 2.32. The maximum Gasteiger partial charge on any atom is 0.408 e. The Morgan fingerprint density at radius 3 is 2.61 bits per heavy atom. The monoisotopic (exact) mass is 250 g/mol. The molecule has 0 fully saturated rings. The Kier molecular flexibility index (Phi) is 5.70. The van der Waals surface area contributed by atoms with E-state index in [9.17, 15) is 4.79 Å². The molecule has 1 amide bonds. The van der Waals surface area contributed by atoms with Crippen molar-refractivity contribution in [2.75, 3.05) is 6.61 Å². The van der Waals surface area contributed by atoms with Gasteiger partial charge in [0.1, 0.15) is 12.6 Å². The number of hydrogen-bond acceptors (Lipinski definition) is 4. The Morgan fingerprint density at radius 1 is 1.33 bits per heavy atom. The van der Waals surface area contributed by atoms with Crippen LogP contribution in [0.5, 0.6) is 0 Å². The molecule has 0 heterocycles. The van der Waals surface area contributed by atoms with Crippen LogP contribution in [-0.4, -0.2) is 24.6 Å². The second-order valence-electron chi connectivity index (χ2n) is 3.73. The molecule has 18 heavy (non-hydrogen) atoms. The van der Waals surface area contributed by atoms with Gasteiger partial charge < -0.3 is 14.8 Å². The Labute approximate surface area is 107 Å². The van der Waals surface area contributed by atoms with E-state index in [4.69, 9.17) is 14.9 Å². The van der Waals surface area contributed by atoms with Crippen LogP contribution in [0.15, 0.2) is 30.3 Å². The fourth-order valence-electron chi connectivity index (χ4n) is 1.29. The van der Waals surface area contributed by atoms with Gasteiger partial charge in [-0.25, -0.2) is 4.79 Å². The Bertz CT molecular complexity index is 392. The third kappa shape index (κ3) is 4.86. The first-order chi connectivity index (χ1) is 8.63. The lowest BCUT2D eigenvalue weighted by atomic mass is 10.2. The van der Waals surface area contributed by atoms with Crippen molar-refractivity contribution in [1.82, 2.24) is 5.32 Å². The highest BCUT2D eigenvalue weighted by Gasteiger charge is 2.13. The van der Waals surface area contributed by atoms with Crippen LogP contribution in [-0.2, 0) is 16.1 Å². The highest BCUT2D eigenvalue weighted by molar-refractivity contribution is 5.82. The van der Waals surface area contributed by atoms with Crippen molar-refractivity contribution in [1.29, 1.82) is 5.41 Å². The van der Waals surface area contributed by atoms with Crippen molar-refractivity contribution in [2.45, 2.75) is 26.5 Å². The van der Waals surface area contributed by atoms with Crippen LogP contribution >= 0.6 is 0 Å². The number of rotatable bonds is 5. The van der Waals surface area contributed by atoms with E-state index < -0.39 is 12.1 Å². The molecule has 1 aromatic rings. The number of carbonyl (C=O) groups excluding carboxylic acids is 1. The molecule has 0 saturated heterocycles. The lowest BCUT2D eigenvalue weighted by molar-refractivity contribution is 0.137. The molecule has 0 aliphatic carbocycles. The standard InChI is InChI=1S/C13H18N2O3/c1-3-17-12(14)10(2)15-13(16)18-9-11-7-5-4-6-8-11/h4-8,10,14H,3,9H2,1-2H3,(H,15,16). The van der Waals surface area contributed by atoms with Gasteiger partial charge in [0.15, 0.2) is 0 Å². The normalized spacial score (nSPS) is 11.4. The summed E-state index contributed by atoms with van der Waals surface area (Å²) in [6, 6.07) is 8.91. The van der Waals surface area contributed by atoms with E-state index in [1.165, 1.54) is 0 Å². The minimum Gasteiger partial charge on any atom is -0.480 e. The summed E-state index contributed by atoms with van der Waals surface area (Å²) in [7, 11) is 0. The molecule has 0 saturated carbocycles. The fourth-order valence-corrected chi connectivity index (χ4v) is 1.29. The Balaban J connectivity index is 2.31. The van der Waals surface area contributed by atoms with Crippen molar-refractivity contribution in [3.8, 4) is 0 Å². The lowest BCUT2D eigenvalue weighted by Crippen LogP contribution is -2.39. The smallest absolute Gasteiger partial charge is 0.408 e. The van der Waals surface area contributed by atoms with Crippen molar-refractivity contribution in [3.63, 3.8) is 0 Å². The van der Waals surface area contributed by atoms with Crippen LogP contribution in [0, 0.1) is 5.41 Å². The molecule has 1 rings (SSSR count). The SMILES string of the molecule is CCOC(=N)C(C)NC(=O)OCc1ccccc1. The zero-order valence-electron chi connectivity index (χ0n) is 10.6. The second-order valence-corrected chi connectivity index (χ2v) is 3.73. The van der Waals surface area contributed by atoms with Crippen molar-refractivity contribution in [3.05, 3.63) is 35.9 Å². The van der Waals surface area contributed by atoms with Crippen LogP contribution in [0.3, 0.4) is 0 Å². The summed E-state index contributed by atoms with van der Waals surface area (Å²) in [6.07, 6.45) is -0.559. The van der Waals surface area contributed by atoms with Gasteiger partial charge in [-0.05, 0) is 19.4 Å². The molecule has 0 aromatic heterocycles. The molecular weight excluding hydrogens is 232 g/mol. The topological polar surface area (TPSA) is 71.4 Å². The van der Waals surface area contributed by atoms with Crippen LogP contribution < -0.4 is 5.32 Å². The van der Waals surface area contributed by atoms with E-state index in [-0.39, 0.29) is 12.5 Å². The highest BCUT2D eigenvalue weighted by Crippen LogP contribution is 2.00. The summed E-state index contributed by atoms with van der Waals surface area (Å²) in [5, 5.41) is 10.0. The van der Waals surface area contributed by atoms with Gasteiger partial charge in [-0.3, -0.25) is 5.41 Å². The third-order valence-electron chi connectivity index (χ3n) is 2.24. The van der Waals surface area contributed by atoms with Crippen LogP contribution in [0.2, 0.25) is 0 Å². The van der Waals surface area contributed by atoms with E-state index >= 15 is 0 Å². The molecule has 1 aromatic carbocycles. The summed E-state index contributed by atoms with van der Waals surface area (Å²) < 4.78 is 10.0. The minimum absolute atomic E-state index is 0.0224. The first kappa shape index (κ1) is 14.0. The maximum absolute atomic E-state index is 11.4. The third-order valence-corrected chi connectivity index (χ3v) is 2.24. The summed E-state index contributed by atoms with van der Waals surface area (Å²) in [6.45, 7) is 4.07. The first-order valence-corrected chi connectivity index (χ1v) is 5.82. The molecule has 1 atom stereocenters. The summed E-state index contributed by atoms with van der Waals surface area (Å²) in [5.41, 5.74) is 0.917. The van der Waals surface area contributed by atoms with Crippen molar-refractivity contribution < 1.29 is 14.3 Å². The first-order valence-electron chi connectivity index (χ1n) is 5.82. The predicted molar refractivity (Wildman–Crippen MR) is 68.6 cm³/mol. The number of benzene rings is 1. The Hall–Kier alpha value is -2.04. The van der Waals surface area contributed by atoms with Crippen molar-refractivity contribution >= 4 is 12.0 Å². The highest BCUT2D eigenvalue weighted by atomic mass is 16.5. The number of alkyl carbamates (subject to hydrolysis) is 1. The number of carbonyl (C=O) groups is 1. The lowest BCUT2D eigenvalue weighted by Gasteiger charge is -2.14. The van der Waals surface area contributed by atoms with Gasteiger partial charge >= 0.3 is 6.09 Å². The summed E-state index contributed by atoms with van der Waals surface area (Å²) in [4.78, 5) is 11.4. The number of amides is 1. The molecule has 0 spiro atoms. The van der Waals surface area contributed by atoms with Crippen LogP contribution in [0.25, 0.3) is 0 Å². The Morgan fingerprint density at radius 2 is 2.00 bits per heavy atom. The molecule has 0 aliphatic heterocycles. The number of ether oxygens (including phenoxy) is 2. The molecule has 0 bridgehead atoms. The molecule has 0 radical (unpaired) electrons. The van der Waals surface area contributed by atoms with Gasteiger partial charge in [0.05, 0.1) is 6.61 Å². The van der Waals surface area contributed by atoms with Gasteiger partial charge in [-0.15, -0.1) is 0 Å². The largest absolute Gasteiger partial charge is 0.480 e. The van der Waals surface area contributed by atoms with E-state index in [1.807, 2.05) is 30.3 Å². The van der Waals surface area contributed by atoms with Crippen LogP contribution in [0.1, 0.15) is 19.4 Å². The van der Waals surface area contributed by atoms with Gasteiger partial charge in [-0.2, -0.15) is 0 Å². The van der Waals surface area contributed by atoms with Crippen LogP contribution in [0.4, 0.5) is 4.79 Å². The average molecular weight is 250 g/mol. The van der Waals surface area contributed by atoms with E-state index in [0.717, 1.165) is 5.56 Å². The second kappa shape index (κ2) is 7.32.